The van der Waals surface area contributed by atoms with E-state index < -0.39 is 6.03 Å². The van der Waals surface area contributed by atoms with Gasteiger partial charge in [0.25, 0.3) is 0 Å². The minimum Gasteiger partial charge on any atom is -0.351 e. The molecule has 0 unspecified atom stereocenters. The number of hydrogen-bond donors (Lipinski definition) is 2. The molecule has 1 aromatic rings. The van der Waals surface area contributed by atoms with Crippen molar-refractivity contribution in [3.05, 3.63) is 30.1 Å². The molecule has 70 valence electrons. The summed E-state index contributed by atoms with van der Waals surface area (Å²) in [5, 5.41) is 0. The highest BCUT2D eigenvalue weighted by Crippen LogP contribution is 1.99. The number of carbonyl (C=O) groups excluding carboxylic acids is 1. The van der Waals surface area contributed by atoms with Gasteiger partial charge in [-0.25, -0.2) is 4.79 Å². The Balaban J connectivity index is 2.39. The van der Waals surface area contributed by atoms with Gasteiger partial charge in [0.2, 0.25) is 0 Å². The molecule has 0 aliphatic carbocycles. The topological polar surface area (TPSA) is 59.2 Å². The van der Waals surface area contributed by atoms with Crippen molar-refractivity contribution in [1.29, 1.82) is 0 Å². The predicted octanol–water partition coefficient (Wildman–Crippen LogP) is 0.850. The molecule has 5 heteroatoms. The maximum Gasteiger partial charge on any atom is 0.324 e. The van der Waals surface area contributed by atoms with Gasteiger partial charge in [-0.05, 0) is 12.1 Å². The second-order valence-corrected chi connectivity index (χ2v) is 3.02. The second kappa shape index (κ2) is 4.71. The van der Waals surface area contributed by atoms with Gasteiger partial charge in [-0.15, -0.1) is 0 Å². The van der Waals surface area contributed by atoms with Crippen molar-refractivity contribution in [1.82, 2.24) is 9.29 Å². The number of nitrogens with zero attached hydrogens (tertiary/aromatic N) is 2. The molecule has 0 spiro atoms. The van der Waals surface area contributed by atoms with Crippen LogP contribution in [0.2, 0.25) is 0 Å². The zero-order chi connectivity index (χ0) is 9.68. The molecule has 0 fully saturated rings. The van der Waals surface area contributed by atoms with Gasteiger partial charge in [-0.1, -0.05) is 18.9 Å². The summed E-state index contributed by atoms with van der Waals surface area (Å²) >= 11 is 3.89. The number of primary amides is 1. The highest BCUT2D eigenvalue weighted by Gasteiger charge is 2.03. The Morgan fingerprint density at radius 3 is 2.92 bits per heavy atom. The van der Waals surface area contributed by atoms with Crippen LogP contribution in [0.4, 0.5) is 4.79 Å². The summed E-state index contributed by atoms with van der Waals surface area (Å²) in [6, 6.07) is 5.09. The minimum atomic E-state index is -0.542. The number of aromatic nitrogens is 1. The molecule has 1 heterocycles. The molecule has 2 N–H and O–H groups in total. The molecule has 0 aliphatic rings. The molecule has 0 atom stereocenters. The fraction of sp³-hybridized carbons (Fsp3) is 0.250. The maximum atomic E-state index is 10.6. The largest absolute Gasteiger partial charge is 0.351 e. The Morgan fingerprint density at radius 2 is 2.38 bits per heavy atom. The van der Waals surface area contributed by atoms with Crippen molar-refractivity contribution in [3.63, 3.8) is 0 Å². The van der Waals surface area contributed by atoms with Gasteiger partial charge in [0.15, 0.2) is 0 Å². The third kappa shape index (κ3) is 3.33. The first-order valence-electron chi connectivity index (χ1n) is 3.86. The lowest BCUT2D eigenvalue weighted by molar-refractivity contribution is 0.235. The number of nitrogens with two attached hydrogens (primary N) is 1. The number of amides is 2. The maximum absolute atomic E-state index is 10.6. The van der Waals surface area contributed by atoms with E-state index in [0.29, 0.717) is 13.0 Å². The first-order chi connectivity index (χ1) is 6.20. The van der Waals surface area contributed by atoms with Crippen LogP contribution in [0, 0.1) is 0 Å². The molecule has 0 bridgehead atoms. The number of carbonyl (C=O) groups is 1. The molecule has 1 rings (SSSR count). The highest BCUT2D eigenvalue weighted by atomic mass is 32.1. The van der Waals surface area contributed by atoms with Crippen LogP contribution < -0.4 is 5.73 Å². The third-order valence-electron chi connectivity index (χ3n) is 1.56. The molecular weight excluding hydrogens is 186 g/mol. The number of rotatable bonds is 3. The summed E-state index contributed by atoms with van der Waals surface area (Å²) in [4.78, 5) is 14.7. The van der Waals surface area contributed by atoms with E-state index in [1.54, 1.807) is 6.20 Å². The standard InChI is InChI=1S/C8H11N3OS/c9-8(12)11(13)6-4-7-3-1-2-5-10-7/h1-3,5,13H,4,6H2,(H2,9,12). The van der Waals surface area contributed by atoms with Gasteiger partial charge in [0.1, 0.15) is 0 Å². The second-order valence-electron chi connectivity index (χ2n) is 2.53. The minimum absolute atomic E-state index is 0.468. The average molecular weight is 197 g/mol. The van der Waals surface area contributed by atoms with Gasteiger partial charge in [0, 0.05) is 24.9 Å². The van der Waals surface area contributed by atoms with Crippen LogP contribution >= 0.6 is 12.8 Å². The van der Waals surface area contributed by atoms with Crippen LogP contribution in [-0.4, -0.2) is 21.9 Å². The van der Waals surface area contributed by atoms with Gasteiger partial charge in [-0.3, -0.25) is 9.29 Å². The van der Waals surface area contributed by atoms with E-state index in [9.17, 15) is 4.79 Å². The summed E-state index contributed by atoms with van der Waals surface area (Å²) in [6.07, 6.45) is 2.37. The van der Waals surface area contributed by atoms with Crippen LogP contribution in [0.25, 0.3) is 0 Å². The Bertz CT molecular complexity index is 278. The summed E-state index contributed by atoms with van der Waals surface area (Å²) < 4.78 is 1.16. The highest BCUT2D eigenvalue weighted by molar-refractivity contribution is 7.78. The molecule has 2 amide bonds. The van der Waals surface area contributed by atoms with E-state index in [1.807, 2.05) is 18.2 Å². The van der Waals surface area contributed by atoms with Gasteiger partial charge in [-0.2, -0.15) is 0 Å². The van der Waals surface area contributed by atoms with Gasteiger partial charge in [0.05, 0.1) is 0 Å². The van der Waals surface area contributed by atoms with Crippen molar-refractivity contribution in [2.24, 2.45) is 5.73 Å². The van der Waals surface area contributed by atoms with Crippen LogP contribution in [0.3, 0.4) is 0 Å². The Morgan fingerprint density at radius 1 is 1.62 bits per heavy atom. The summed E-state index contributed by atoms with van der Waals surface area (Å²) in [6.45, 7) is 0.468. The lowest BCUT2D eigenvalue weighted by atomic mass is 10.3. The predicted molar refractivity (Wildman–Crippen MR) is 53.2 cm³/mol. The normalized spacial score (nSPS) is 9.62. The van der Waals surface area contributed by atoms with Crippen molar-refractivity contribution >= 4 is 18.8 Å². The number of hydrogen-bond acceptors (Lipinski definition) is 3. The molecular formula is C8H11N3OS. The molecule has 0 saturated carbocycles. The number of thiol groups is 1. The lowest BCUT2D eigenvalue weighted by Gasteiger charge is -2.11. The summed E-state index contributed by atoms with van der Waals surface area (Å²) in [5.41, 5.74) is 5.91. The molecule has 1 aromatic heterocycles. The zero-order valence-corrected chi connectivity index (χ0v) is 7.95. The smallest absolute Gasteiger partial charge is 0.324 e. The van der Waals surface area contributed by atoms with E-state index in [4.69, 9.17) is 5.73 Å². The first kappa shape index (κ1) is 9.85. The fourth-order valence-electron chi connectivity index (χ4n) is 0.877. The van der Waals surface area contributed by atoms with E-state index in [2.05, 4.69) is 17.8 Å². The number of urea groups is 1. The van der Waals surface area contributed by atoms with Gasteiger partial charge >= 0.3 is 6.03 Å². The third-order valence-corrected chi connectivity index (χ3v) is 1.96. The van der Waals surface area contributed by atoms with Crippen molar-refractivity contribution in [2.45, 2.75) is 6.42 Å². The van der Waals surface area contributed by atoms with Crippen molar-refractivity contribution in [2.75, 3.05) is 6.54 Å². The SMILES string of the molecule is NC(=O)N(S)CCc1ccccn1. The quantitative estimate of drug-likeness (QED) is 0.706. The van der Waals surface area contributed by atoms with Crippen molar-refractivity contribution in [3.8, 4) is 0 Å². The van der Waals surface area contributed by atoms with Crippen LogP contribution in [0.15, 0.2) is 24.4 Å². The average Bonchev–Trinajstić information content (AvgIpc) is 2.15. The molecule has 0 saturated heterocycles. The Labute approximate surface area is 82.3 Å². The van der Waals surface area contributed by atoms with E-state index >= 15 is 0 Å². The van der Waals surface area contributed by atoms with E-state index in [-0.39, 0.29) is 0 Å². The van der Waals surface area contributed by atoms with E-state index in [1.165, 1.54) is 0 Å². The zero-order valence-electron chi connectivity index (χ0n) is 7.05. The van der Waals surface area contributed by atoms with Gasteiger partial charge < -0.3 is 5.73 Å². The van der Waals surface area contributed by atoms with Crippen LogP contribution in [0.1, 0.15) is 5.69 Å². The monoisotopic (exact) mass is 197 g/mol. The molecule has 0 aliphatic heterocycles. The first-order valence-corrected chi connectivity index (χ1v) is 4.26. The molecule has 13 heavy (non-hydrogen) atoms. The van der Waals surface area contributed by atoms with Crippen LogP contribution in [-0.2, 0) is 6.42 Å². The van der Waals surface area contributed by atoms with Crippen molar-refractivity contribution < 1.29 is 4.79 Å². The summed E-state index contributed by atoms with van der Waals surface area (Å²) in [5.74, 6) is 0. The molecule has 0 radical (unpaired) electrons. The lowest BCUT2D eigenvalue weighted by Crippen LogP contribution is -2.29. The Kier molecular flexibility index (Phi) is 3.57. The fourth-order valence-corrected chi connectivity index (χ4v) is 0.977. The Hall–Kier alpha value is -1.23. The van der Waals surface area contributed by atoms with E-state index in [0.717, 1.165) is 10.00 Å². The molecule has 4 nitrogen and oxygen atoms in total. The van der Waals surface area contributed by atoms with Crippen LogP contribution in [0.5, 0.6) is 0 Å². The molecule has 0 aromatic carbocycles. The summed E-state index contributed by atoms with van der Waals surface area (Å²) in [7, 11) is 0. The number of pyridine rings is 1.